The predicted octanol–water partition coefficient (Wildman–Crippen LogP) is 1.49. The SMILES string of the molecule is CNC(c1ccn(C)n1)c1scnc1C. The molecule has 0 radical (unpaired) electrons. The number of aryl methyl sites for hydroxylation is 2. The highest BCUT2D eigenvalue weighted by Gasteiger charge is 2.18. The van der Waals surface area contributed by atoms with Gasteiger partial charge in [-0.1, -0.05) is 0 Å². The van der Waals surface area contributed by atoms with Gasteiger partial charge in [-0.05, 0) is 20.0 Å². The van der Waals surface area contributed by atoms with E-state index in [1.807, 2.05) is 43.5 Å². The number of hydrogen-bond donors (Lipinski definition) is 1. The Labute approximate surface area is 93.0 Å². The number of aromatic nitrogens is 3. The zero-order valence-corrected chi connectivity index (χ0v) is 9.88. The standard InChI is InChI=1S/C10H14N4S/c1-7-10(15-6-12-7)9(11-2)8-4-5-14(3)13-8/h4-6,9,11H,1-3H3. The quantitative estimate of drug-likeness (QED) is 0.855. The highest BCUT2D eigenvalue weighted by atomic mass is 32.1. The Morgan fingerprint density at radius 1 is 1.53 bits per heavy atom. The maximum absolute atomic E-state index is 4.41. The molecule has 0 aromatic carbocycles. The molecule has 0 saturated carbocycles. The molecule has 0 spiro atoms. The maximum Gasteiger partial charge on any atom is 0.0880 e. The van der Waals surface area contributed by atoms with E-state index in [4.69, 9.17) is 0 Å². The van der Waals surface area contributed by atoms with Crippen LogP contribution in [0.1, 0.15) is 22.3 Å². The van der Waals surface area contributed by atoms with E-state index in [0.717, 1.165) is 11.4 Å². The third-order valence-corrected chi connectivity index (χ3v) is 3.36. The van der Waals surface area contributed by atoms with Crippen LogP contribution in [0.3, 0.4) is 0 Å². The summed E-state index contributed by atoms with van der Waals surface area (Å²) >= 11 is 1.66. The number of hydrogen-bond acceptors (Lipinski definition) is 4. The summed E-state index contributed by atoms with van der Waals surface area (Å²) in [6.07, 6.45) is 1.95. The molecular formula is C10H14N4S. The fraction of sp³-hybridized carbons (Fsp3) is 0.400. The molecule has 0 saturated heterocycles. The average molecular weight is 222 g/mol. The summed E-state index contributed by atoms with van der Waals surface area (Å²) < 4.78 is 1.82. The van der Waals surface area contributed by atoms with Crippen LogP contribution in [0.25, 0.3) is 0 Å². The van der Waals surface area contributed by atoms with Gasteiger partial charge in [0, 0.05) is 13.2 Å². The lowest BCUT2D eigenvalue weighted by atomic mass is 10.1. The van der Waals surface area contributed by atoms with Gasteiger partial charge >= 0.3 is 0 Å². The molecule has 0 aliphatic carbocycles. The predicted molar refractivity (Wildman–Crippen MR) is 61.0 cm³/mol. The summed E-state index contributed by atoms with van der Waals surface area (Å²) in [6, 6.07) is 2.18. The minimum atomic E-state index is 0.152. The van der Waals surface area contributed by atoms with Crippen LogP contribution in [-0.2, 0) is 7.05 Å². The van der Waals surface area contributed by atoms with Crippen molar-refractivity contribution in [3.63, 3.8) is 0 Å². The normalized spacial score (nSPS) is 13.0. The first kappa shape index (κ1) is 10.3. The number of nitrogens with zero attached hydrogens (tertiary/aromatic N) is 3. The van der Waals surface area contributed by atoms with Gasteiger partial charge in [-0.2, -0.15) is 5.10 Å². The molecule has 0 amide bonds. The van der Waals surface area contributed by atoms with Crippen molar-refractivity contribution in [3.8, 4) is 0 Å². The molecule has 2 rings (SSSR count). The molecule has 1 N–H and O–H groups in total. The van der Waals surface area contributed by atoms with E-state index in [1.165, 1.54) is 4.88 Å². The summed E-state index contributed by atoms with van der Waals surface area (Å²) in [5, 5.41) is 7.68. The van der Waals surface area contributed by atoms with Crippen LogP contribution in [0.5, 0.6) is 0 Å². The maximum atomic E-state index is 4.41. The van der Waals surface area contributed by atoms with Gasteiger partial charge in [0.1, 0.15) is 0 Å². The minimum Gasteiger partial charge on any atom is -0.307 e. The third-order valence-electron chi connectivity index (χ3n) is 2.36. The zero-order valence-electron chi connectivity index (χ0n) is 9.06. The van der Waals surface area contributed by atoms with Gasteiger partial charge in [0.25, 0.3) is 0 Å². The minimum absolute atomic E-state index is 0.152. The Morgan fingerprint density at radius 3 is 2.80 bits per heavy atom. The van der Waals surface area contributed by atoms with Crippen LogP contribution < -0.4 is 5.32 Å². The van der Waals surface area contributed by atoms with E-state index in [0.29, 0.717) is 0 Å². The van der Waals surface area contributed by atoms with Crippen molar-refractivity contribution in [2.75, 3.05) is 7.05 Å². The van der Waals surface area contributed by atoms with Crippen molar-refractivity contribution in [1.82, 2.24) is 20.1 Å². The van der Waals surface area contributed by atoms with E-state index in [9.17, 15) is 0 Å². The van der Waals surface area contributed by atoms with E-state index in [-0.39, 0.29) is 6.04 Å². The van der Waals surface area contributed by atoms with Crippen LogP contribution >= 0.6 is 11.3 Å². The molecule has 15 heavy (non-hydrogen) atoms. The molecule has 5 heteroatoms. The summed E-state index contributed by atoms with van der Waals surface area (Å²) in [4.78, 5) is 5.49. The molecule has 2 heterocycles. The first-order chi connectivity index (χ1) is 7.22. The van der Waals surface area contributed by atoms with Crippen molar-refractivity contribution in [1.29, 1.82) is 0 Å². The van der Waals surface area contributed by atoms with Gasteiger partial charge < -0.3 is 5.32 Å². The lowest BCUT2D eigenvalue weighted by molar-refractivity contribution is 0.646. The van der Waals surface area contributed by atoms with E-state index in [2.05, 4.69) is 15.4 Å². The van der Waals surface area contributed by atoms with Crippen LogP contribution in [-0.4, -0.2) is 21.8 Å². The van der Waals surface area contributed by atoms with Gasteiger partial charge in [0.05, 0.1) is 27.8 Å². The highest BCUT2D eigenvalue weighted by Crippen LogP contribution is 2.26. The molecule has 0 aliphatic rings. The molecule has 1 unspecified atom stereocenters. The molecule has 4 nitrogen and oxygen atoms in total. The monoisotopic (exact) mass is 222 g/mol. The van der Waals surface area contributed by atoms with Gasteiger partial charge in [-0.3, -0.25) is 4.68 Å². The van der Waals surface area contributed by atoms with Crippen molar-refractivity contribution in [2.24, 2.45) is 7.05 Å². The van der Waals surface area contributed by atoms with Gasteiger partial charge in [-0.25, -0.2) is 4.98 Å². The summed E-state index contributed by atoms with van der Waals surface area (Å²) in [7, 11) is 3.87. The highest BCUT2D eigenvalue weighted by molar-refractivity contribution is 7.09. The van der Waals surface area contributed by atoms with Crippen molar-refractivity contribution < 1.29 is 0 Å². The van der Waals surface area contributed by atoms with Crippen molar-refractivity contribution >= 4 is 11.3 Å². The van der Waals surface area contributed by atoms with Crippen LogP contribution in [0, 0.1) is 6.92 Å². The van der Waals surface area contributed by atoms with Crippen LogP contribution in [0.15, 0.2) is 17.8 Å². The van der Waals surface area contributed by atoms with Crippen molar-refractivity contribution in [2.45, 2.75) is 13.0 Å². The molecule has 0 aliphatic heterocycles. The van der Waals surface area contributed by atoms with E-state index < -0.39 is 0 Å². The molecule has 2 aromatic heterocycles. The first-order valence-electron chi connectivity index (χ1n) is 4.79. The fourth-order valence-corrected chi connectivity index (χ4v) is 2.51. The summed E-state index contributed by atoms with van der Waals surface area (Å²) in [6.45, 7) is 2.03. The Hall–Kier alpha value is -1.20. The van der Waals surface area contributed by atoms with Crippen LogP contribution in [0.4, 0.5) is 0 Å². The van der Waals surface area contributed by atoms with Gasteiger partial charge in [0.15, 0.2) is 0 Å². The van der Waals surface area contributed by atoms with Crippen molar-refractivity contribution in [3.05, 3.63) is 34.0 Å². The number of rotatable bonds is 3. The Balaban J connectivity index is 2.36. The Kier molecular flexibility index (Phi) is 2.83. The Bertz CT molecular complexity index is 446. The van der Waals surface area contributed by atoms with Gasteiger partial charge in [-0.15, -0.1) is 11.3 Å². The summed E-state index contributed by atoms with van der Waals surface area (Å²) in [5.74, 6) is 0. The second-order valence-electron chi connectivity index (χ2n) is 3.44. The smallest absolute Gasteiger partial charge is 0.0880 e. The zero-order chi connectivity index (χ0) is 10.8. The van der Waals surface area contributed by atoms with E-state index in [1.54, 1.807) is 11.3 Å². The first-order valence-corrected chi connectivity index (χ1v) is 5.67. The lowest BCUT2D eigenvalue weighted by Gasteiger charge is -2.12. The molecule has 0 fully saturated rings. The Morgan fingerprint density at radius 2 is 2.33 bits per heavy atom. The molecule has 80 valence electrons. The largest absolute Gasteiger partial charge is 0.307 e. The van der Waals surface area contributed by atoms with Gasteiger partial charge in [0.2, 0.25) is 0 Å². The lowest BCUT2D eigenvalue weighted by Crippen LogP contribution is -2.18. The summed E-state index contributed by atoms with van der Waals surface area (Å²) in [5.41, 5.74) is 3.98. The number of nitrogens with one attached hydrogen (secondary N) is 1. The molecule has 1 atom stereocenters. The topological polar surface area (TPSA) is 42.7 Å². The average Bonchev–Trinajstić information content (AvgIpc) is 2.79. The van der Waals surface area contributed by atoms with Crippen LogP contribution in [0.2, 0.25) is 0 Å². The molecule has 2 aromatic rings. The molecular weight excluding hydrogens is 208 g/mol. The second-order valence-corrected chi connectivity index (χ2v) is 4.32. The second kappa shape index (κ2) is 4.12. The number of thiazole rings is 1. The van der Waals surface area contributed by atoms with E-state index >= 15 is 0 Å². The fourth-order valence-electron chi connectivity index (χ4n) is 1.59. The third kappa shape index (κ3) is 1.93. The molecule has 0 bridgehead atoms.